The molecule has 2 aliphatic heterocycles. The van der Waals surface area contributed by atoms with Crippen molar-refractivity contribution in [2.45, 2.75) is 51.8 Å². The van der Waals surface area contributed by atoms with E-state index in [4.69, 9.17) is 11.6 Å². The maximum Gasteiger partial charge on any atom is 0.449 e. The summed E-state index contributed by atoms with van der Waals surface area (Å²) in [6.07, 6.45) is 1.07. The van der Waals surface area contributed by atoms with Crippen molar-refractivity contribution in [1.29, 1.82) is 0 Å². The number of phenols is 1. The zero-order valence-electron chi connectivity index (χ0n) is 21.6. The Morgan fingerprint density at radius 3 is 2.36 bits per heavy atom. The van der Waals surface area contributed by atoms with Gasteiger partial charge in [-0.05, 0) is 69.1 Å². The summed E-state index contributed by atoms with van der Waals surface area (Å²) < 4.78 is 33.4. The zero-order chi connectivity index (χ0) is 28.7. The highest BCUT2D eigenvalue weighted by atomic mass is 35.5. The number of carbonyl (C=O) groups excluding carboxylic acids is 2. The Morgan fingerprint density at radius 1 is 1.18 bits per heavy atom. The Bertz CT molecular complexity index is 1300. The molecule has 0 aliphatic carbocycles. The second-order valence-electron chi connectivity index (χ2n) is 9.39. The van der Waals surface area contributed by atoms with Crippen LogP contribution in [0.1, 0.15) is 36.6 Å². The minimum atomic E-state index is -4.64. The second kappa shape index (κ2) is 13.6. The summed E-state index contributed by atoms with van der Waals surface area (Å²) in [7, 11) is 0. The summed E-state index contributed by atoms with van der Waals surface area (Å²) in [5.74, 6) is -2.12. The number of hydrogen-bond acceptors (Lipinski definition) is 7. The number of thiophene rings is 1. The van der Waals surface area contributed by atoms with Gasteiger partial charge in [-0.2, -0.15) is 13.2 Å². The third-order valence-corrected chi connectivity index (χ3v) is 7.73. The van der Waals surface area contributed by atoms with Crippen molar-refractivity contribution >= 4 is 44.8 Å². The van der Waals surface area contributed by atoms with Crippen LogP contribution in [0.3, 0.4) is 0 Å². The van der Waals surface area contributed by atoms with Crippen molar-refractivity contribution in [1.82, 2.24) is 15.6 Å². The number of nitrogens with zero attached hydrogens (tertiary/aromatic N) is 1. The molecule has 2 unspecified atom stereocenters. The maximum atomic E-state index is 11.9. The number of rotatable bonds is 3. The van der Waals surface area contributed by atoms with Gasteiger partial charge in [-0.1, -0.05) is 18.0 Å². The fourth-order valence-electron chi connectivity index (χ4n) is 4.14. The lowest BCUT2D eigenvalue weighted by molar-refractivity contribution is -0.168. The highest BCUT2D eigenvalue weighted by molar-refractivity contribution is 7.19. The van der Waals surface area contributed by atoms with Crippen molar-refractivity contribution in [2.75, 3.05) is 19.6 Å². The molecule has 0 radical (unpaired) electrons. The third kappa shape index (κ3) is 8.38. The Balaban J connectivity index is 0.000000267. The molecule has 4 N–H and O–H groups in total. The van der Waals surface area contributed by atoms with Gasteiger partial charge in [-0.15, -0.1) is 11.3 Å². The smallest absolute Gasteiger partial charge is 0.449 e. The van der Waals surface area contributed by atoms with Crippen LogP contribution in [0.4, 0.5) is 13.2 Å². The van der Waals surface area contributed by atoms with Crippen molar-refractivity contribution in [3.63, 3.8) is 0 Å². The average Bonchev–Trinajstić information content (AvgIpc) is 3.45. The molecular formula is C27H31ClF3N3O4S. The minimum absolute atomic E-state index is 0.119. The van der Waals surface area contributed by atoms with Gasteiger partial charge in [-0.25, -0.2) is 0 Å². The molecule has 12 heteroatoms. The molecule has 5 rings (SSSR count). The number of aliphatic hydroxyl groups excluding tert-OH is 1. The third-order valence-electron chi connectivity index (χ3n) is 6.33. The molecule has 2 fully saturated rings. The van der Waals surface area contributed by atoms with Gasteiger partial charge in [0.2, 0.25) is 11.7 Å². The number of pyridine rings is 1. The Morgan fingerprint density at radius 2 is 1.85 bits per heavy atom. The molecule has 2 aromatic heterocycles. The molecule has 0 spiro atoms. The molecule has 0 saturated carbocycles. The first-order valence-electron chi connectivity index (χ1n) is 12.5. The normalized spacial score (nSPS) is 19.0. The monoisotopic (exact) mass is 585 g/mol. The van der Waals surface area contributed by atoms with Gasteiger partial charge in [0, 0.05) is 40.7 Å². The number of hydrogen-bond donors (Lipinski definition) is 4. The number of alkyl halides is 3. The number of fused-ring (bicyclic) bond motifs is 1. The Kier molecular flexibility index (Phi) is 10.7. The Hall–Kier alpha value is -2.73. The van der Waals surface area contributed by atoms with Crippen molar-refractivity contribution in [3.8, 4) is 16.9 Å². The summed E-state index contributed by atoms with van der Waals surface area (Å²) in [5.41, 5.74) is 3.02. The number of β-amino-alcohol motifs (C(OH)–C–C–N with tert-alkyl or cyclic N) is 1. The zero-order valence-corrected chi connectivity index (χ0v) is 23.1. The first-order valence-corrected chi connectivity index (χ1v) is 13.7. The van der Waals surface area contributed by atoms with Crippen LogP contribution < -0.4 is 10.6 Å². The van der Waals surface area contributed by atoms with E-state index in [1.165, 1.54) is 43.7 Å². The largest absolute Gasteiger partial charge is 0.507 e. The predicted octanol–water partition coefficient (Wildman–Crippen LogP) is 5.18. The number of aliphatic hydroxyl groups is 1. The van der Waals surface area contributed by atoms with Gasteiger partial charge in [0.05, 0.1) is 22.2 Å². The molecule has 212 valence electrons. The first-order chi connectivity index (χ1) is 18.4. The van der Waals surface area contributed by atoms with Gasteiger partial charge in [0.1, 0.15) is 5.75 Å². The molecule has 1 amide bonds. The van der Waals surface area contributed by atoms with Crippen molar-refractivity contribution in [2.24, 2.45) is 5.92 Å². The highest BCUT2D eigenvalue weighted by Gasteiger charge is 2.34. The van der Waals surface area contributed by atoms with E-state index in [1.54, 1.807) is 18.3 Å². The number of nitrogens with one attached hydrogen (secondary N) is 2. The van der Waals surface area contributed by atoms with Gasteiger partial charge >= 0.3 is 6.18 Å². The lowest BCUT2D eigenvalue weighted by atomic mass is 10.00. The molecule has 2 atom stereocenters. The van der Waals surface area contributed by atoms with E-state index in [1.807, 2.05) is 19.1 Å². The average molecular weight is 586 g/mol. The summed E-state index contributed by atoms with van der Waals surface area (Å²) in [5, 5.41) is 27.0. The van der Waals surface area contributed by atoms with E-state index >= 15 is 0 Å². The van der Waals surface area contributed by atoms with Crippen LogP contribution in [0.25, 0.3) is 21.3 Å². The lowest BCUT2D eigenvalue weighted by Crippen LogP contribution is -2.23. The number of halogens is 4. The topological polar surface area (TPSA) is 112 Å². The SMILES string of the molecule is C1CCNCC1.CC(=O)C(F)(F)F.Cc1cc(Cl)cc(-c2ccnc3cc(CC4C(=O)NCC4O)sc23)c1O. The highest BCUT2D eigenvalue weighted by Crippen LogP contribution is 2.41. The van der Waals surface area contributed by atoms with Crippen LogP contribution in [0.2, 0.25) is 5.02 Å². The Labute approximate surface area is 233 Å². The van der Waals surface area contributed by atoms with E-state index < -0.39 is 24.0 Å². The second-order valence-corrected chi connectivity index (χ2v) is 11.0. The standard InChI is InChI=1S/C19H17ClN2O3S.C5H11N.C3H3F3O/c1-9-4-10(20)5-13(17(9)24)12-2-3-21-15-7-11(26-18(12)15)6-14-16(23)8-22-19(14)25;1-2-4-6-5-3-1;1-2(7)3(4,5)6/h2-5,7,14,16,23-24H,6,8H2,1H3,(H,22,25);6H,1-5H2;1H3. The number of Topliss-reactive ketones (excluding diaryl/α,β-unsaturated/α-hetero) is 1. The fourth-order valence-corrected chi connectivity index (χ4v) is 5.61. The van der Waals surface area contributed by atoms with Crippen LogP contribution in [-0.4, -0.2) is 58.8 Å². The molecule has 7 nitrogen and oxygen atoms in total. The predicted molar refractivity (Wildman–Crippen MR) is 146 cm³/mol. The number of carbonyl (C=O) groups is 2. The minimum Gasteiger partial charge on any atom is -0.507 e. The number of phenolic OH excluding ortho intramolecular Hbond substituents is 1. The first kappa shape index (κ1) is 30.8. The summed E-state index contributed by atoms with van der Waals surface area (Å²) in [6, 6.07) is 7.26. The summed E-state index contributed by atoms with van der Waals surface area (Å²) in [4.78, 5) is 26.6. The molecular weight excluding hydrogens is 555 g/mol. The van der Waals surface area contributed by atoms with E-state index in [9.17, 15) is 33.0 Å². The van der Waals surface area contributed by atoms with Crippen molar-refractivity contribution < 1.29 is 33.0 Å². The van der Waals surface area contributed by atoms with Gasteiger partial charge in [0.15, 0.2) is 0 Å². The lowest BCUT2D eigenvalue weighted by Gasteiger charge is -2.10. The van der Waals surface area contributed by atoms with Gasteiger partial charge in [-0.3, -0.25) is 14.6 Å². The van der Waals surface area contributed by atoms with Gasteiger partial charge < -0.3 is 20.8 Å². The number of ketones is 1. The molecule has 2 aliphatic rings. The van der Waals surface area contributed by atoms with E-state index in [-0.39, 0.29) is 11.7 Å². The number of amides is 1. The molecule has 4 heterocycles. The van der Waals surface area contributed by atoms with E-state index in [2.05, 4.69) is 15.6 Å². The van der Waals surface area contributed by atoms with E-state index in [0.717, 1.165) is 20.7 Å². The quantitative estimate of drug-likeness (QED) is 0.337. The van der Waals surface area contributed by atoms with Crippen LogP contribution in [0.15, 0.2) is 30.5 Å². The summed E-state index contributed by atoms with van der Waals surface area (Å²) in [6.45, 7) is 5.09. The van der Waals surface area contributed by atoms with Crippen LogP contribution >= 0.6 is 22.9 Å². The number of benzene rings is 1. The van der Waals surface area contributed by atoms with Crippen molar-refractivity contribution in [3.05, 3.63) is 45.9 Å². The van der Waals surface area contributed by atoms with Crippen LogP contribution in [0, 0.1) is 12.8 Å². The maximum absolute atomic E-state index is 11.9. The molecule has 39 heavy (non-hydrogen) atoms. The molecule has 2 saturated heterocycles. The molecule has 1 aromatic carbocycles. The number of aryl methyl sites for hydroxylation is 1. The summed E-state index contributed by atoms with van der Waals surface area (Å²) >= 11 is 7.70. The molecule has 0 bridgehead atoms. The van der Waals surface area contributed by atoms with E-state index in [0.29, 0.717) is 36.0 Å². The number of piperidine rings is 1. The molecule has 3 aromatic rings. The fraction of sp³-hybridized carbons (Fsp3) is 0.444. The van der Waals surface area contributed by atoms with Crippen LogP contribution in [-0.2, 0) is 16.0 Å². The number of aromatic hydroxyl groups is 1. The van der Waals surface area contributed by atoms with Gasteiger partial charge in [0.25, 0.3) is 0 Å². The van der Waals surface area contributed by atoms with Crippen LogP contribution in [0.5, 0.6) is 5.75 Å². The number of aromatic nitrogens is 1.